The van der Waals surface area contributed by atoms with Gasteiger partial charge in [0.25, 0.3) is 5.56 Å². The third-order valence-electron chi connectivity index (χ3n) is 5.64. The molecule has 4 rings (SSSR count). The first-order chi connectivity index (χ1) is 14.6. The molecule has 156 valence electrons. The molecule has 0 saturated carbocycles. The van der Waals surface area contributed by atoms with E-state index in [1.54, 1.807) is 6.07 Å². The average Bonchev–Trinajstić information content (AvgIpc) is 3.26. The van der Waals surface area contributed by atoms with Crippen LogP contribution in [0.3, 0.4) is 0 Å². The Morgan fingerprint density at radius 1 is 1.03 bits per heavy atom. The molecule has 3 aromatic rings. The van der Waals surface area contributed by atoms with Crippen LogP contribution in [0.5, 0.6) is 0 Å². The van der Waals surface area contributed by atoms with Crippen molar-refractivity contribution in [2.45, 2.75) is 38.9 Å². The monoisotopic (exact) mass is 422 g/mol. The van der Waals surface area contributed by atoms with Crippen LogP contribution in [0, 0.1) is 4.77 Å². The second-order valence-electron chi connectivity index (χ2n) is 7.71. The number of rotatable bonds is 7. The number of hydrogen-bond donors (Lipinski definition) is 2. The first-order valence-corrected chi connectivity index (χ1v) is 10.8. The molecule has 0 spiro atoms. The lowest BCUT2D eigenvalue weighted by atomic mass is 10.1. The van der Waals surface area contributed by atoms with Crippen LogP contribution in [0.2, 0.25) is 0 Å². The number of amides is 1. The molecule has 0 bridgehead atoms. The number of carbonyl (C=O) groups is 1. The summed E-state index contributed by atoms with van der Waals surface area (Å²) >= 11 is 5.32. The highest BCUT2D eigenvalue weighted by molar-refractivity contribution is 7.71. The van der Waals surface area contributed by atoms with Gasteiger partial charge in [0.2, 0.25) is 5.91 Å². The standard InChI is InChI=1S/C23H26N4O2S/c28-21(11-14-27-22(29)19-9-3-4-10-20(19)25-23(27)30)24-15-17-7-1-2-8-18(17)16-26-12-5-6-13-26/h1-4,7-10H,5-6,11-16H2,(H,24,28)(H,25,30). The number of aromatic amines is 1. The minimum absolute atomic E-state index is 0.0968. The van der Waals surface area contributed by atoms with Crippen molar-refractivity contribution in [1.82, 2.24) is 19.8 Å². The van der Waals surface area contributed by atoms with Crippen LogP contribution in [-0.2, 0) is 24.4 Å². The SMILES string of the molecule is O=C(CCn1c(=S)[nH]c2ccccc2c1=O)NCc1ccccc1CN1CCCC1. The quantitative estimate of drug-likeness (QED) is 0.573. The van der Waals surface area contributed by atoms with Gasteiger partial charge in [0, 0.05) is 26.1 Å². The summed E-state index contributed by atoms with van der Waals surface area (Å²) in [5.74, 6) is -0.0968. The minimum Gasteiger partial charge on any atom is -0.352 e. The average molecular weight is 423 g/mol. The number of aromatic nitrogens is 2. The van der Waals surface area contributed by atoms with E-state index in [9.17, 15) is 9.59 Å². The summed E-state index contributed by atoms with van der Waals surface area (Å²) in [4.78, 5) is 30.7. The number of benzene rings is 2. The van der Waals surface area contributed by atoms with Gasteiger partial charge in [-0.15, -0.1) is 0 Å². The largest absolute Gasteiger partial charge is 0.352 e. The Morgan fingerprint density at radius 2 is 1.73 bits per heavy atom. The summed E-state index contributed by atoms with van der Waals surface area (Å²) in [5, 5.41) is 3.57. The fourth-order valence-corrected chi connectivity index (χ4v) is 4.25. The molecule has 6 nitrogen and oxygen atoms in total. The van der Waals surface area contributed by atoms with Crippen LogP contribution in [0.4, 0.5) is 0 Å². The molecule has 0 radical (unpaired) electrons. The number of H-pyrrole nitrogens is 1. The lowest BCUT2D eigenvalue weighted by molar-refractivity contribution is -0.121. The van der Waals surface area contributed by atoms with Crippen molar-refractivity contribution in [3.63, 3.8) is 0 Å². The molecule has 2 heterocycles. The zero-order valence-corrected chi connectivity index (χ0v) is 17.7. The molecule has 7 heteroatoms. The van der Waals surface area contributed by atoms with Gasteiger partial charge < -0.3 is 10.3 Å². The van der Waals surface area contributed by atoms with Gasteiger partial charge in [-0.05, 0) is 61.4 Å². The van der Waals surface area contributed by atoms with E-state index in [0.29, 0.717) is 22.2 Å². The van der Waals surface area contributed by atoms with Gasteiger partial charge in [-0.2, -0.15) is 0 Å². The van der Waals surface area contributed by atoms with E-state index in [4.69, 9.17) is 12.2 Å². The van der Waals surface area contributed by atoms with Gasteiger partial charge in [-0.1, -0.05) is 36.4 Å². The lowest BCUT2D eigenvalue weighted by Crippen LogP contribution is -2.28. The lowest BCUT2D eigenvalue weighted by Gasteiger charge is -2.17. The van der Waals surface area contributed by atoms with Crippen molar-refractivity contribution in [2.24, 2.45) is 0 Å². The smallest absolute Gasteiger partial charge is 0.262 e. The highest BCUT2D eigenvalue weighted by atomic mass is 32.1. The van der Waals surface area contributed by atoms with E-state index in [1.165, 1.54) is 23.0 Å². The first-order valence-electron chi connectivity index (χ1n) is 10.4. The number of likely N-dealkylation sites (tertiary alicyclic amines) is 1. The van der Waals surface area contributed by atoms with Crippen molar-refractivity contribution in [3.8, 4) is 0 Å². The summed E-state index contributed by atoms with van der Waals surface area (Å²) in [6.07, 6.45) is 2.72. The Kier molecular flexibility index (Phi) is 6.40. The Labute approximate surface area is 180 Å². The van der Waals surface area contributed by atoms with E-state index in [2.05, 4.69) is 27.3 Å². The predicted octanol–water partition coefficient (Wildman–Crippen LogP) is 3.36. The van der Waals surface area contributed by atoms with Gasteiger partial charge in [0.15, 0.2) is 4.77 Å². The van der Waals surface area contributed by atoms with Crippen molar-refractivity contribution in [2.75, 3.05) is 13.1 Å². The zero-order chi connectivity index (χ0) is 20.9. The van der Waals surface area contributed by atoms with Crippen LogP contribution in [0.25, 0.3) is 10.9 Å². The molecule has 1 saturated heterocycles. The molecular formula is C23H26N4O2S. The van der Waals surface area contributed by atoms with Gasteiger partial charge in [-0.25, -0.2) is 0 Å². The molecule has 1 aliphatic heterocycles. The second-order valence-corrected chi connectivity index (χ2v) is 8.10. The van der Waals surface area contributed by atoms with Gasteiger partial charge in [-0.3, -0.25) is 19.1 Å². The highest BCUT2D eigenvalue weighted by Crippen LogP contribution is 2.16. The summed E-state index contributed by atoms with van der Waals surface area (Å²) in [6.45, 7) is 3.94. The summed E-state index contributed by atoms with van der Waals surface area (Å²) in [5.41, 5.74) is 2.94. The Balaban J connectivity index is 1.38. The summed E-state index contributed by atoms with van der Waals surface area (Å²) < 4.78 is 1.79. The zero-order valence-electron chi connectivity index (χ0n) is 16.9. The second kappa shape index (κ2) is 9.36. The van der Waals surface area contributed by atoms with Crippen LogP contribution in [-0.4, -0.2) is 33.4 Å². The third kappa shape index (κ3) is 4.68. The number of nitrogens with one attached hydrogen (secondary N) is 2. The van der Waals surface area contributed by atoms with E-state index in [-0.39, 0.29) is 24.4 Å². The Bertz CT molecular complexity index is 1160. The van der Waals surface area contributed by atoms with E-state index >= 15 is 0 Å². The van der Waals surface area contributed by atoms with Crippen molar-refractivity contribution in [1.29, 1.82) is 0 Å². The maximum Gasteiger partial charge on any atom is 0.262 e. The third-order valence-corrected chi connectivity index (χ3v) is 5.96. The molecule has 30 heavy (non-hydrogen) atoms. The Hall–Kier alpha value is -2.77. The van der Waals surface area contributed by atoms with E-state index in [0.717, 1.165) is 25.2 Å². The minimum atomic E-state index is -0.168. The fourth-order valence-electron chi connectivity index (χ4n) is 3.96. The molecule has 0 aliphatic carbocycles. The molecule has 0 atom stereocenters. The summed E-state index contributed by atoms with van der Waals surface area (Å²) in [7, 11) is 0. The molecular weight excluding hydrogens is 396 g/mol. The van der Waals surface area contributed by atoms with Crippen molar-refractivity contribution < 1.29 is 4.79 Å². The van der Waals surface area contributed by atoms with Crippen LogP contribution in [0.1, 0.15) is 30.4 Å². The molecule has 2 N–H and O–H groups in total. The fraction of sp³-hybridized carbons (Fsp3) is 0.348. The van der Waals surface area contributed by atoms with Crippen molar-refractivity contribution in [3.05, 3.63) is 74.8 Å². The van der Waals surface area contributed by atoms with E-state index < -0.39 is 0 Å². The first kappa shape index (κ1) is 20.5. The highest BCUT2D eigenvalue weighted by Gasteiger charge is 2.14. The maximum atomic E-state index is 12.7. The number of hydrogen-bond acceptors (Lipinski definition) is 4. The van der Waals surface area contributed by atoms with Crippen LogP contribution >= 0.6 is 12.2 Å². The molecule has 1 aliphatic rings. The molecule has 2 aromatic carbocycles. The van der Waals surface area contributed by atoms with Crippen LogP contribution < -0.4 is 10.9 Å². The van der Waals surface area contributed by atoms with Gasteiger partial charge >= 0.3 is 0 Å². The normalized spacial score (nSPS) is 14.3. The molecule has 1 amide bonds. The predicted molar refractivity (Wildman–Crippen MR) is 121 cm³/mol. The Morgan fingerprint density at radius 3 is 2.53 bits per heavy atom. The van der Waals surface area contributed by atoms with E-state index in [1.807, 2.05) is 30.3 Å². The molecule has 1 fully saturated rings. The topological polar surface area (TPSA) is 70.1 Å². The van der Waals surface area contributed by atoms with Crippen LogP contribution in [0.15, 0.2) is 53.3 Å². The van der Waals surface area contributed by atoms with Crippen molar-refractivity contribution >= 4 is 29.0 Å². The van der Waals surface area contributed by atoms with Gasteiger partial charge in [0.1, 0.15) is 0 Å². The molecule has 0 unspecified atom stereocenters. The summed E-state index contributed by atoms with van der Waals surface area (Å²) in [6, 6.07) is 15.5. The number of fused-ring (bicyclic) bond motifs is 1. The van der Waals surface area contributed by atoms with Gasteiger partial charge in [0.05, 0.1) is 10.9 Å². The number of carbonyl (C=O) groups excluding carboxylic acids is 1. The number of nitrogens with zero attached hydrogens (tertiary/aromatic N) is 2. The number of para-hydroxylation sites is 1. The maximum absolute atomic E-state index is 12.7. The molecule has 1 aromatic heterocycles.